The molecule has 0 aliphatic carbocycles. The molecule has 0 heterocycles. The lowest BCUT2D eigenvalue weighted by Crippen LogP contribution is -2.53. The van der Waals surface area contributed by atoms with Crippen LogP contribution in [0.25, 0.3) is 0 Å². The third kappa shape index (κ3) is 6.60. The number of hydrogen-bond donors (Lipinski definition) is 3. The van der Waals surface area contributed by atoms with Crippen LogP contribution in [-0.4, -0.2) is 54.7 Å². The lowest BCUT2D eigenvalue weighted by Gasteiger charge is -2.18. The zero-order chi connectivity index (χ0) is 18.8. The Balaban J connectivity index is 2.52. The van der Waals surface area contributed by atoms with Crippen molar-refractivity contribution in [3.05, 3.63) is 35.9 Å². The summed E-state index contributed by atoms with van der Waals surface area (Å²) >= 11 is 0. The third-order valence-corrected chi connectivity index (χ3v) is 3.12. The Labute approximate surface area is 144 Å². The molecule has 1 rings (SSSR count). The summed E-state index contributed by atoms with van der Waals surface area (Å²) in [5, 5.41) is 13.5. The molecule has 0 aromatic heterocycles. The summed E-state index contributed by atoms with van der Waals surface area (Å²) in [6.45, 7) is 0.494. The number of hydrogen-bond acceptors (Lipinski definition) is 7. The van der Waals surface area contributed by atoms with Crippen LogP contribution in [0, 0.1) is 0 Å². The first-order chi connectivity index (χ1) is 11.9. The molecule has 25 heavy (non-hydrogen) atoms. The molecule has 0 saturated heterocycles. The van der Waals surface area contributed by atoms with Crippen molar-refractivity contribution in [1.82, 2.24) is 10.6 Å². The highest BCUT2D eigenvalue weighted by Gasteiger charge is 2.27. The Morgan fingerprint density at radius 2 is 1.76 bits per heavy atom. The summed E-state index contributed by atoms with van der Waals surface area (Å²) in [6, 6.07) is 6.32. The number of methoxy groups -OCH3 is 1. The summed E-state index contributed by atoms with van der Waals surface area (Å²) < 4.78 is 9.26. The van der Waals surface area contributed by atoms with Gasteiger partial charge in [0.15, 0.2) is 0 Å². The molecule has 0 radical (unpaired) electrons. The fraction of sp³-hybridized carbons (Fsp3) is 0.375. The molecule has 0 unspecified atom stereocenters. The number of amides is 2. The van der Waals surface area contributed by atoms with Crippen LogP contribution in [0.1, 0.15) is 12.5 Å². The summed E-state index contributed by atoms with van der Waals surface area (Å²) in [7, 11) is 1.15. The van der Waals surface area contributed by atoms with Gasteiger partial charge >= 0.3 is 17.8 Å². The predicted molar refractivity (Wildman–Crippen MR) is 84.9 cm³/mol. The summed E-state index contributed by atoms with van der Waals surface area (Å²) in [4.78, 5) is 46.5. The molecule has 0 saturated carbocycles. The predicted octanol–water partition coefficient (Wildman–Crippen LogP) is -1.12. The number of rotatable bonds is 7. The Kier molecular flexibility index (Phi) is 8.07. The monoisotopic (exact) mass is 352 g/mol. The van der Waals surface area contributed by atoms with Crippen molar-refractivity contribution in [1.29, 1.82) is 0 Å². The van der Waals surface area contributed by atoms with E-state index >= 15 is 0 Å². The average molecular weight is 352 g/mol. The lowest BCUT2D eigenvalue weighted by molar-refractivity contribution is -0.156. The molecule has 0 spiro atoms. The maximum Gasteiger partial charge on any atom is 0.397 e. The van der Waals surface area contributed by atoms with Gasteiger partial charge in [-0.05, 0) is 12.5 Å². The number of carbonyl (C=O) groups excluding carboxylic acids is 4. The van der Waals surface area contributed by atoms with Gasteiger partial charge in [-0.25, -0.2) is 9.59 Å². The maximum absolute atomic E-state index is 11.9. The molecule has 0 aliphatic rings. The van der Waals surface area contributed by atoms with E-state index in [1.165, 1.54) is 6.92 Å². The minimum Gasteiger partial charge on any atom is -0.467 e. The summed E-state index contributed by atoms with van der Waals surface area (Å²) in [5.41, 5.74) is 0.687. The van der Waals surface area contributed by atoms with E-state index in [2.05, 4.69) is 10.1 Å². The van der Waals surface area contributed by atoms with Gasteiger partial charge in [-0.15, -0.1) is 0 Å². The van der Waals surface area contributed by atoms with Crippen LogP contribution in [0.15, 0.2) is 30.3 Å². The highest BCUT2D eigenvalue weighted by molar-refractivity contribution is 6.32. The number of nitrogens with one attached hydrogen (secondary N) is 2. The van der Waals surface area contributed by atoms with Gasteiger partial charge in [0.2, 0.25) is 5.91 Å². The zero-order valence-electron chi connectivity index (χ0n) is 13.9. The SMILES string of the molecule is COC(=O)[C@H](C)NC(=O)[C@@H](CO)NC(=O)C(=O)OCc1ccccc1. The minimum absolute atomic E-state index is 0.109. The zero-order valence-corrected chi connectivity index (χ0v) is 13.9. The van der Waals surface area contributed by atoms with Crippen LogP contribution in [-0.2, 0) is 35.3 Å². The van der Waals surface area contributed by atoms with Crippen LogP contribution in [0.5, 0.6) is 0 Å². The van der Waals surface area contributed by atoms with E-state index < -0.39 is 42.4 Å². The van der Waals surface area contributed by atoms with Crippen molar-refractivity contribution in [3.8, 4) is 0 Å². The second kappa shape index (κ2) is 10.0. The van der Waals surface area contributed by atoms with E-state index in [4.69, 9.17) is 4.74 Å². The van der Waals surface area contributed by atoms with Gasteiger partial charge in [-0.3, -0.25) is 9.59 Å². The molecule has 1 aromatic rings. The topological polar surface area (TPSA) is 131 Å². The molecule has 9 heteroatoms. The van der Waals surface area contributed by atoms with Crippen LogP contribution in [0.2, 0.25) is 0 Å². The molecule has 0 fully saturated rings. The number of benzene rings is 1. The van der Waals surface area contributed by atoms with Crippen LogP contribution in [0.3, 0.4) is 0 Å². The molecule has 0 aliphatic heterocycles. The fourth-order valence-corrected chi connectivity index (χ4v) is 1.75. The number of aliphatic hydroxyl groups excluding tert-OH is 1. The smallest absolute Gasteiger partial charge is 0.397 e. The van der Waals surface area contributed by atoms with Crippen molar-refractivity contribution in [2.24, 2.45) is 0 Å². The quantitative estimate of drug-likeness (QED) is 0.419. The van der Waals surface area contributed by atoms with Crippen molar-refractivity contribution < 1.29 is 33.8 Å². The number of esters is 2. The Morgan fingerprint density at radius 1 is 1.12 bits per heavy atom. The first kappa shape index (κ1) is 20.1. The molecule has 9 nitrogen and oxygen atoms in total. The van der Waals surface area contributed by atoms with Crippen LogP contribution in [0.4, 0.5) is 0 Å². The Morgan fingerprint density at radius 3 is 2.32 bits per heavy atom. The Bertz CT molecular complexity index is 618. The highest BCUT2D eigenvalue weighted by Crippen LogP contribution is 2.00. The maximum atomic E-state index is 11.9. The van der Waals surface area contributed by atoms with Crippen LogP contribution < -0.4 is 10.6 Å². The second-order valence-electron chi connectivity index (χ2n) is 5.02. The van der Waals surface area contributed by atoms with E-state index in [-0.39, 0.29) is 6.61 Å². The van der Waals surface area contributed by atoms with Gasteiger partial charge in [0, 0.05) is 0 Å². The largest absolute Gasteiger partial charge is 0.467 e. The standard InChI is InChI=1S/C16H20N2O7/c1-10(15(22)24-2)17-13(20)12(8-19)18-14(21)16(23)25-9-11-6-4-3-5-7-11/h3-7,10,12,19H,8-9H2,1-2H3,(H,17,20)(H,18,21)/t10-,12+/m0/s1. The molecular formula is C16H20N2O7. The van der Waals surface area contributed by atoms with Gasteiger partial charge in [0.1, 0.15) is 18.7 Å². The third-order valence-electron chi connectivity index (χ3n) is 3.12. The molecule has 1 aromatic carbocycles. The van der Waals surface area contributed by atoms with Gasteiger partial charge in [0.05, 0.1) is 13.7 Å². The normalized spacial score (nSPS) is 12.4. The van der Waals surface area contributed by atoms with Gasteiger partial charge in [0.25, 0.3) is 0 Å². The van der Waals surface area contributed by atoms with E-state index in [0.29, 0.717) is 5.56 Å². The van der Waals surface area contributed by atoms with Gasteiger partial charge in [-0.1, -0.05) is 30.3 Å². The molecule has 136 valence electrons. The number of ether oxygens (including phenoxy) is 2. The fourth-order valence-electron chi connectivity index (χ4n) is 1.75. The van der Waals surface area contributed by atoms with Gasteiger partial charge < -0.3 is 25.2 Å². The average Bonchev–Trinajstić information content (AvgIpc) is 2.63. The molecule has 0 bridgehead atoms. The molecule has 2 atom stereocenters. The first-order valence-electron chi connectivity index (χ1n) is 7.39. The number of aliphatic hydroxyl groups is 1. The van der Waals surface area contributed by atoms with Gasteiger partial charge in [-0.2, -0.15) is 0 Å². The summed E-state index contributed by atoms with van der Waals surface area (Å²) in [6.07, 6.45) is 0. The van der Waals surface area contributed by atoms with Crippen molar-refractivity contribution in [2.45, 2.75) is 25.6 Å². The second-order valence-corrected chi connectivity index (χ2v) is 5.02. The first-order valence-corrected chi connectivity index (χ1v) is 7.39. The van der Waals surface area contributed by atoms with E-state index in [9.17, 15) is 24.3 Å². The van der Waals surface area contributed by atoms with Crippen molar-refractivity contribution in [2.75, 3.05) is 13.7 Å². The minimum atomic E-state index is -1.41. The molecular weight excluding hydrogens is 332 g/mol. The number of carbonyl (C=O) groups is 4. The lowest BCUT2D eigenvalue weighted by atomic mass is 10.2. The van der Waals surface area contributed by atoms with E-state index in [0.717, 1.165) is 7.11 Å². The van der Waals surface area contributed by atoms with E-state index in [1.807, 2.05) is 5.32 Å². The highest BCUT2D eigenvalue weighted by atomic mass is 16.5. The van der Waals surface area contributed by atoms with Crippen LogP contribution >= 0.6 is 0 Å². The van der Waals surface area contributed by atoms with E-state index in [1.54, 1.807) is 30.3 Å². The van der Waals surface area contributed by atoms with Crippen molar-refractivity contribution in [3.63, 3.8) is 0 Å². The molecule has 2 amide bonds. The molecule has 3 N–H and O–H groups in total. The van der Waals surface area contributed by atoms with Crippen molar-refractivity contribution >= 4 is 23.8 Å². The Hall–Kier alpha value is -2.94. The summed E-state index contributed by atoms with van der Waals surface area (Å²) in [5.74, 6) is -3.92.